The van der Waals surface area contributed by atoms with Crippen LogP contribution in [-0.4, -0.2) is 19.1 Å². The molecule has 0 unspecified atom stereocenters. The van der Waals surface area contributed by atoms with E-state index in [-0.39, 0.29) is 0 Å². The van der Waals surface area contributed by atoms with Crippen molar-refractivity contribution in [2.24, 2.45) is 14.1 Å². The van der Waals surface area contributed by atoms with Gasteiger partial charge in [0.2, 0.25) is 0 Å². The van der Waals surface area contributed by atoms with Crippen molar-refractivity contribution in [1.29, 1.82) is 0 Å². The summed E-state index contributed by atoms with van der Waals surface area (Å²) in [5.41, 5.74) is 6.51. The summed E-state index contributed by atoms with van der Waals surface area (Å²) in [7, 11) is 4.18. The first kappa shape index (κ1) is 15.4. The summed E-state index contributed by atoms with van der Waals surface area (Å²) < 4.78 is 4.39. The summed E-state index contributed by atoms with van der Waals surface area (Å²) in [6.45, 7) is 0. The molecule has 0 atom stereocenters. The van der Waals surface area contributed by atoms with E-state index in [4.69, 9.17) is 9.97 Å². The monoisotopic (exact) mass is 362 g/mol. The minimum absolute atomic E-state index is 0.902. The van der Waals surface area contributed by atoms with E-state index in [0.717, 1.165) is 22.4 Å². The molecule has 0 amide bonds. The maximum Gasteiger partial charge on any atom is 0.0894 e. The van der Waals surface area contributed by atoms with Crippen LogP contribution in [0.2, 0.25) is 0 Å². The molecule has 0 saturated heterocycles. The van der Waals surface area contributed by atoms with Gasteiger partial charge in [-0.05, 0) is 24.3 Å². The van der Waals surface area contributed by atoms with E-state index < -0.39 is 0 Å². The molecular formula is C24H18N4. The Bertz CT molecular complexity index is 1420. The second-order valence-electron chi connectivity index (χ2n) is 7.33. The average Bonchev–Trinajstić information content (AvgIpc) is 3.20. The van der Waals surface area contributed by atoms with Crippen LogP contribution in [0.3, 0.4) is 0 Å². The van der Waals surface area contributed by atoms with Gasteiger partial charge in [0, 0.05) is 46.7 Å². The lowest BCUT2D eigenvalue weighted by Crippen LogP contribution is -1.91. The third-order valence-corrected chi connectivity index (χ3v) is 5.86. The summed E-state index contributed by atoms with van der Waals surface area (Å²) in [4.78, 5) is 9.47. The van der Waals surface area contributed by atoms with Gasteiger partial charge in [-0.1, -0.05) is 36.4 Å². The zero-order chi connectivity index (χ0) is 18.8. The Balaban J connectivity index is 1.63. The van der Waals surface area contributed by atoms with Crippen molar-refractivity contribution in [3.8, 4) is 11.4 Å². The summed E-state index contributed by atoms with van der Waals surface area (Å²) in [6, 6.07) is 21.3. The number of hydrogen-bond acceptors (Lipinski definition) is 2. The molecule has 6 aromatic rings. The third kappa shape index (κ3) is 1.94. The largest absolute Gasteiger partial charge is 0.342 e. The van der Waals surface area contributed by atoms with Crippen molar-refractivity contribution >= 4 is 43.6 Å². The van der Waals surface area contributed by atoms with Crippen LogP contribution in [-0.2, 0) is 14.1 Å². The smallest absolute Gasteiger partial charge is 0.0894 e. The number of hydrogen-bond donors (Lipinski definition) is 0. The van der Waals surface area contributed by atoms with Gasteiger partial charge >= 0.3 is 0 Å². The van der Waals surface area contributed by atoms with Gasteiger partial charge in [0.05, 0.1) is 34.8 Å². The van der Waals surface area contributed by atoms with Crippen LogP contribution in [0.5, 0.6) is 0 Å². The van der Waals surface area contributed by atoms with Crippen LogP contribution in [0, 0.1) is 0 Å². The molecule has 0 saturated carbocycles. The van der Waals surface area contributed by atoms with Crippen LogP contribution in [0.15, 0.2) is 73.1 Å². The van der Waals surface area contributed by atoms with Gasteiger partial charge in [-0.2, -0.15) is 0 Å². The van der Waals surface area contributed by atoms with Gasteiger partial charge in [-0.25, -0.2) is 0 Å². The fourth-order valence-corrected chi connectivity index (χ4v) is 4.39. The van der Waals surface area contributed by atoms with E-state index in [2.05, 4.69) is 83.9 Å². The van der Waals surface area contributed by atoms with Crippen LogP contribution in [0.4, 0.5) is 0 Å². The van der Waals surface area contributed by atoms with Gasteiger partial charge in [-0.15, -0.1) is 0 Å². The highest BCUT2D eigenvalue weighted by Crippen LogP contribution is 2.33. The molecule has 0 aliphatic carbocycles. The topological polar surface area (TPSA) is 35.6 Å². The molecule has 28 heavy (non-hydrogen) atoms. The van der Waals surface area contributed by atoms with Crippen molar-refractivity contribution in [3.05, 3.63) is 73.1 Å². The van der Waals surface area contributed by atoms with Gasteiger partial charge in [0.1, 0.15) is 0 Å². The summed E-state index contributed by atoms with van der Waals surface area (Å²) in [5, 5.41) is 4.91. The molecule has 4 nitrogen and oxygen atoms in total. The number of nitrogens with zero attached hydrogens (tertiary/aromatic N) is 4. The second kappa shape index (κ2) is 5.42. The Morgan fingerprint density at radius 2 is 0.964 bits per heavy atom. The van der Waals surface area contributed by atoms with Gasteiger partial charge in [-0.3, -0.25) is 9.97 Å². The van der Waals surface area contributed by atoms with Crippen LogP contribution in [0.1, 0.15) is 0 Å². The number of aryl methyl sites for hydroxylation is 2. The molecule has 2 aromatic carbocycles. The van der Waals surface area contributed by atoms with Crippen molar-refractivity contribution in [1.82, 2.24) is 19.1 Å². The maximum absolute atomic E-state index is 4.74. The summed E-state index contributed by atoms with van der Waals surface area (Å²) >= 11 is 0. The minimum Gasteiger partial charge on any atom is -0.342 e. The molecule has 0 aliphatic heterocycles. The quantitative estimate of drug-likeness (QED) is 0.391. The molecule has 0 bridgehead atoms. The predicted octanol–water partition coefficient (Wildman–Crippen LogP) is 5.43. The molecule has 6 rings (SSSR count). The number of aromatic nitrogens is 4. The molecule has 0 aliphatic rings. The molecule has 0 spiro atoms. The van der Waals surface area contributed by atoms with Gasteiger partial charge in [0.15, 0.2) is 0 Å². The molecule has 4 heterocycles. The minimum atomic E-state index is 0.902. The SMILES string of the molecule is Cn1c2ccccc2c2cc(-c3cc4c5ccccc5n(C)c4cn3)ncc21. The van der Waals surface area contributed by atoms with E-state index in [1.165, 1.54) is 32.6 Å². The second-order valence-corrected chi connectivity index (χ2v) is 7.33. The Hall–Kier alpha value is -3.66. The van der Waals surface area contributed by atoms with E-state index in [1.807, 2.05) is 12.4 Å². The summed E-state index contributed by atoms with van der Waals surface area (Å²) in [5.74, 6) is 0. The van der Waals surface area contributed by atoms with E-state index in [9.17, 15) is 0 Å². The number of benzene rings is 2. The zero-order valence-corrected chi connectivity index (χ0v) is 15.7. The molecule has 0 N–H and O–H groups in total. The number of para-hydroxylation sites is 2. The van der Waals surface area contributed by atoms with Crippen molar-refractivity contribution < 1.29 is 0 Å². The number of fused-ring (bicyclic) bond motifs is 6. The van der Waals surface area contributed by atoms with E-state index in [1.54, 1.807) is 0 Å². The molecule has 4 heteroatoms. The molecule has 4 aromatic heterocycles. The third-order valence-electron chi connectivity index (χ3n) is 5.86. The van der Waals surface area contributed by atoms with Crippen LogP contribution in [0.25, 0.3) is 55.0 Å². The Morgan fingerprint density at radius 1 is 0.536 bits per heavy atom. The predicted molar refractivity (Wildman–Crippen MR) is 115 cm³/mol. The molecule has 0 radical (unpaired) electrons. The van der Waals surface area contributed by atoms with Crippen molar-refractivity contribution in [2.45, 2.75) is 0 Å². The number of pyridine rings is 2. The zero-order valence-electron chi connectivity index (χ0n) is 15.7. The van der Waals surface area contributed by atoms with Crippen LogP contribution >= 0.6 is 0 Å². The highest BCUT2D eigenvalue weighted by atomic mass is 15.0. The normalized spacial score (nSPS) is 11.9. The van der Waals surface area contributed by atoms with Gasteiger partial charge in [0.25, 0.3) is 0 Å². The molecule has 134 valence electrons. The lowest BCUT2D eigenvalue weighted by molar-refractivity contribution is 1.01. The Labute approximate surface area is 161 Å². The van der Waals surface area contributed by atoms with Crippen molar-refractivity contribution in [3.63, 3.8) is 0 Å². The van der Waals surface area contributed by atoms with E-state index >= 15 is 0 Å². The maximum atomic E-state index is 4.74. The highest BCUT2D eigenvalue weighted by Gasteiger charge is 2.13. The molecular weight excluding hydrogens is 344 g/mol. The first-order chi connectivity index (χ1) is 13.7. The van der Waals surface area contributed by atoms with E-state index in [0.29, 0.717) is 0 Å². The van der Waals surface area contributed by atoms with Crippen LogP contribution < -0.4 is 0 Å². The summed E-state index contributed by atoms with van der Waals surface area (Å²) in [6.07, 6.45) is 3.92. The first-order valence-corrected chi connectivity index (χ1v) is 9.39. The van der Waals surface area contributed by atoms with Crippen molar-refractivity contribution in [2.75, 3.05) is 0 Å². The fourth-order valence-electron chi connectivity index (χ4n) is 4.39. The lowest BCUT2D eigenvalue weighted by Gasteiger charge is -2.03. The van der Waals surface area contributed by atoms with Gasteiger partial charge < -0.3 is 9.13 Å². The Kier molecular flexibility index (Phi) is 2.98. The fraction of sp³-hybridized carbons (Fsp3) is 0.0833. The first-order valence-electron chi connectivity index (χ1n) is 9.39. The Morgan fingerprint density at radius 3 is 1.43 bits per heavy atom. The lowest BCUT2D eigenvalue weighted by atomic mass is 10.1. The average molecular weight is 362 g/mol. The standard InChI is InChI=1S/C24H18N4/c1-27-21-9-5-3-7-15(21)17-11-19(25-13-23(17)27)20-12-18-16-8-4-6-10-22(16)28(2)24(18)14-26-20/h3-14H,1-2H3. The number of rotatable bonds is 1. The molecule has 0 fully saturated rings. The highest BCUT2D eigenvalue weighted by molar-refractivity contribution is 6.10.